The molecule has 1 aliphatic rings. The fourth-order valence-electron chi connectivity index (χ4n) is 5.14. The summed E-state index contributed by atoms with van der Waals surface area (Å²) >= 11 is 0. The second kappa shape index (κ2) is 12.9. The van der Waals surface area contributed by atoms with Crippen molar-refractivity contribution in [3.05, 3.63) is 102 Å². The highest BCUT2D eigenvalue weighted by Gasteiger charge is 2.41. The molecule has 3 aromatic rings. The van der Waals surface area contributed by atoms with Gasteiger partial charge in [0.25, 0.3) is 0 Å². The number of ketones is 1. The van der Waals surface area contributed by atoms with E-state index in [1.807, 2.05) is 84.9 Å². The smallest absolute Gasteiger partial charge is 0.162 e. The van der Waals surface area contributed by atoms with Gasteiger partial charge in [-0.1, -0.05) is 60.7 Å². The molecule has 3 aromatic carbocycles. The van der Waals surface area contributed by atoms with Gasteiger partial charge in [0.2, 0.25) is 0 Å². The zero-order chi connectivity index (χ0) is 23.8. The molecule has 1 fully saturated rings. The Morgan fingerprint density at radius 1 is 0.886 bits per heavy atom. The maximum absolute atomic E-state index is 12.4. The van der Waals surface area contributed by atoms with Crippen LogP contribution in [0.15, 0.2) is 84.9 Å². The Morgan fingerprint density at radius 3 is 1.94 bits per heavy atom. The lowest BCUT2D eigenvalue weighted by Crippen LogP contribution is -2.44. The summed E-state index contributed by atoms with van der Waals surface area (Å²) in [6.45, 7) is 2.94. The quantitative estimate of drug-likeness (QED) is 0.273. The molecule has 0 saturated carbocycles. The minimum Gasteiger partial charge on any atom is -0.497 e. The van der Waals surface area contributed by atoms with Crippen LogP contribution in [-0.2, 0) is 5.60 Å². The van der Waals surface area contributed by atoms with Gasteiger partial charge in [-0.05, 0) is 86.6 Å². The van der Waals surface area contributed by atoms with Gasteiger partial charge in [0, 0.05) is 12.0 Å². The summed E-state index contributed by atoms with van der Waals surface area (Å²) in [6.07, 6.45) is 4.37. The van der Waals surface area contributed by atoms with Crippen molar-refractivity contribution in [3.63, 3.8) is 0 Å². The maximum Gasteiger partial charge on any atom is 0.162 e. The number of benzene rings is 3. The van der Waals surface area contributed by atoms with E-state index in [0.717, 1.165) is 67.8 Å². The number of Topliss-reactive ketones (excluding diaryl/α,β-unsaturated/α-hetero) is 1. The highest BCUT2D eigenvalue weighted by molar-refractivity contribution is 5.96. The van der Waals surface area contributed by atoms with Crippen molar-refractivity contribution in [1.29, 1.82) is 0 Å². The predicted molar refractivity (Wildman–Crippen MR) is 143 cm³/mol. The number of hydrogen-bond donors (Lipinski definition) is 1. The number of piperidine rings is 1. The van der Waals surface area contributed by atoms with Gasteiger partial charge in [0.05, 0.1) is 7.11 Å². The number of carbonyl (C=O) groups excluding carboxylic acids is 1. The van der Waals surface area contributed by atoms with Gasteiger partial charge < -0.3 is 14.7 Å². The van der Waals surface area contributed by atoms with Crippen molar-refractivity contribution in [2.24, 2.45) is 5.92 Å². The van der Waals surface area contributed by atoms with Crippen LogP contribution in [0.3, 0.4) is 0 Å². The number of halogens is 1. The van der Waals surface area contributed by atoms with Crippen LogP contribution in [0.25, 0.3) is 0 Å². The Morgan fingerprint density at radius 2 is 1.43 bits per heavy atom. The lowest BCUT2D eigenvalue weighted by molar-refractivity contribution is -0.0143. The van der Waals surface area contributed by atoms with E-state index >= 15 is 0 Å². The van der Waals surface area contributed by atoms with E-state index in [0.29, 0.717) is 6.42 Å². The number of aliphatic hydroxyl groups is 1. The number of hydrogen-bond acceptors (Lipinski definition) is 4. The number of likely N-dealkylation sites (tertiary alicyclic amines) is 1. The number of unbranched alkanes of at least 4 members (excludes halogenated alkanes) is 1. The van der Waals surface area contributed by atoms with Gasteiger partial charge in [0.1, 0.15) is 11.4 Å². The van der Waals surface area contributed by atoms with E-state index in [9.17, 15) is 9.90 Å². The fourth-order valence-corrected chi connectivity index (χ4v) is 5.14. The van der Waals surface area contributed by atoms with Crippen LogP contribution in [0.4, 0.5) is 0 Å². The van der Waals surface area contributed by atoms with Crippen LogP contribution in [0.5, 0.6) is 5.75 Å². The second-order valence-corrected chi connectivity index (χ2v) is 9.22. The first-order chi connectivity index (χ1) is 16.6. The van der Waals surface area contributed by atoms with Crippen molar-refractivity contribution in [1.82, 2.24) is 4.90 Å². The Balaban J connectivity index is 0.00000342. The van der Waals surface area contributed by atoms with Gasteiger partial charge in [-0.3, -0.25) is 4.79 Å². The van der Waals surface area contributed by atoms with Gasteiger partial charge in [-0.2, -0.15) is 0 Å². The molecule has 0 aromatic heterocycles. The summed E-state index contributed by atoms with van der Waals surface area (Å²) in [4.78, 5) is 14.9. The maximum atomic E-state index is 12.4. The summed E-state index contributed by atoms with van der Waals surface area (Å²) in [5.74, 6) is 1.13. The lowest BCUT2D eigenvalue weighted by Gasteiger charge is -2.42. The molecule has 0 atom stereocenters. The largest absolute Gasteiger partial charge is 0.497 e. The topological polar surface area (TPSA) is 49.8 Å². The summed E-state index contributed by atoms with van der Waals surface area (Å²) in [5.41, 5.74) is 1.72. The van der Waals surface area contributed by atoms with Crippen molar-refractivity contribution < 1.29 is 14.6 Å². The molecule has 186 valence electrons. The average Bonchev–Trinajstić information content (AvgIpc) is 2.92. The monoisotopic (exact) mass is 493 g/mol. The number of rotatable bonds is 10. The first-order valence-corrected chi connectivity index (χ1v) is 12.3. The number of methoxy groups -OCH3 is 1. The number of nitrogens with zero attached hydrogens (tertiary/aromatic N) is 1. The highest BCUT2D eigenvalue weighted by atomic mass is 35.5. The third-order valence-electron chi connectivity index (χ3n) is 7.15. The minimum absolute atomic E-state index is 0. The Hall–Kier alpha value is -2.66. The molecule has 1 N–H and O–H groups in total. The molecule has 1 saturated heterocycles. The molecule has 0 amide bonds. The first kappa shape index (κ1) is 26.9. The van der Waals surface area contributed by atoms with Crippen molar-refractivity contribution in [2.75, 3.05) is 26.7 Å². The van der Waals surface area contributed by atoms with E-state index in [4.69, 9.17) is 4.74 Å². The molecule has 1 aliphatic heterocycles. The third-order valence-corrected chi connectivity index (χ3v) is 7.15. The predicted octanol–water partition coefficient (Wildman–Crippen LogP) is 6.12. The normalized spacial score (nSPS) is 14.8. The van der Waals surface area contributed by atoms with E-state index in [-0.39, 0.29) is 24.1 Å². The third kappa shape index (κ3) is 6.52. The van der Waals surface area contributed by atoms with Crippen molar-refractivity contribution >= 4 is 18.2 Å². The summed E-state index contributed by atoms with van der Waals surface area (Å²) in [7, 11) is 1.63. The molecule has 0 unspecified atom stereocenters. The van der Waals surface area contributed by atoms with Crippen LogP contribution in [0.1, 0.15) is 53.6 Å². The molecule has 0 spiro atoms. The van der Waals surface area contributed by atoms with Gasteiger partial charge in [-0.15, -0.1) is 12.4 Å². The molecular formula is C30H36ClNO3. The molecule has 4 rings (SSSR count). The SMILES string of the molecule is COc1ccc(C(=O)CCCCN2CCC(C(O)(c3ccccc3)c3ccccc3)CC2)cc1.Cl. The van der Waals surface area contributed by atoms with E-state index in [1.54, 1.807) is 7.11 Å². The van der Waals surface area contributed by atoms with Crippen LogP contribution in [0, 0.1) is 5.92 Å². The van der Waals surface area contributed by atoms with Crippen LogP contribution in [0.2, 0.25) is 0 Å². The molecule has 5 heteroatoms. The lowest BCUT2D eigenvalue weighted by atomic mass is 9.72. The van der Waals surface area contributed by atoms with Gasteiger partial charge in [-0.25, -0.2) is 0 Å². The molecule has 0 aliphatic carbocycles. The molecule has 0 radical (unpaired) electrons. The highest BCUT2D eigenvalue weighted by Crippen LogP contribution is 2.41. The Labute approximate surface area is 215 Å². The van der Waals surface area contributed by atoms with Crippen LogP contribution >= 0.6 is 12.4 Å². The summed E-state index contributed by atoms with van der Waals surface area (Å²) in [6, 6.07) is 27.5. The summed E-state index contributed by atoms with van der Waals surface area (Å²) < 4.78 is 5.16. The first-order valence-electron chi connectivity index (χ1n) is 12.3. The number of ether oxygens (including phenoxy) is 1. The fraction of sp³-hybridized carbons (Fsp3) is 0.367. The van der Waals surface area contributed by atoms with Crippen LogP contribution in [-0.4, -0.2) is 42.5 Å². The average molecular weight is 494 g/mol. The molecule has 1 heterocycles. The second-order valence-electron chi connectivity index (χ2n) is 9.22. The summed E-state index contributed by atoms with van der Waals surface area (Å²) in [5, 5.41) is 12.0. The molecular weight excluding hydrogens is 458 g/mol. The van der Waals surface area contributed by atoms with Gasteiger partial charge >= 0.3 is 0 Å². The van der Waals surface area contributed by atoms with Gasteiger partial charge in [0.15, 0.2) is 5.78 Å². The van der Waals surface area contributed by atoms with E-state index in [1.165, 1.54) is 0 Å². The van der Waals surface area contributed by atoms with Crippen LogP contribution < -0.4 is 4.74 Å². The Bertz CT molecular complexity index is 993. The van der Waals surface area contributed by atoms with Crippen molar-refractivity contribution in [2.45, 2.75) is 37.7 Å². The zero-order valence-corrected chi connectivity index (χ0v) is 21.3. The Kier molecular flexibility index (Phi) is 9.91. The molecule has 35 heavy (non-hydrogen) atoms. The molecule has 4 nitrogen and oxygen atoms in total. The van der Waals surface area contributed by atoms with Crippen molar-refractivity contribution in [3.8, 4) is 5.75 Å². The zero-order valence-electron chi connectivity index (χ0n) is 20.4. The number of carbonyl (C=O) groups is 1. The minimum atomic E-state index is -0.973. The molecule has 0 bridgehead atoms. The standard InChI is InChI=1S/C30H35NO3.ClH/c1-34-28-17-15-24(16-18-28)29(32)14-8-9-21-31-22-19-27(20-23-31)30(33,25-10-4-2-5-11-25)26-12-6-3-7-13-26;/h2-7,10-13,15-18,27,33H,8-9,14,19-23H2,1H3;1H. The van der Waals surface area contributed by atoms with E-state index < -0.39 is 5.60 Å². The van der Waals surface area contributed by atoms with E-state index in [2.05, 4.69) is 4.90 Å².